The molecule has 0 aromatic heterocycles. The van der Waals surface area contributed by atoms with Crippen LogP contribution in [0.5, 0.6) is 0 Å². The maximum absolute atomic E-state index is 3.77. The molecular weight excluding hydrogens is 254 g/mol. The van der Waals surface area contributed by atoms with Gasteiger partial charge in [0.05, 0.1) is 0 Å². The van der Waals surface area contributed by atoms with Gasteiger partial charge in [-0.15, -0.1) is 0 Å². The lowest BCUT2D eigenvalue weighted by Gasteiger charge is -2.37. The third-order valence-corrected chi connectivity index (χ3v) is 5.54. The highest BCUT2D eigenvalue weighted by molar-refractivity contribution is 5.21. The molecule has 4 atom stereocenters. The fraction of sp³-hybridized carbons (Fsp3) is 0.700. The Morgan fingerprint density at radius 1 is 1.10 bits per heavy atom. The number of hydrogen-bond acceptors (Lipinski definition) is 1. The molecule has 2 rings (SSSR count). The van der Waals surface area contributed by atoms with Gasteiger partial charge < -0.3 is 5.32 Å². The minimum absolute atomic E-state index is 0.700. The summed E-state index contributed by atoms with van der Waals surface area (Å²) in [6.07, 6.45) is 6.73. The van der Waals surface area contributed by atoms with Crippen molar-refractivity contribution in [2.45, 2.75) is 65.8 Å². The molecule has 1 aromatic carbocycles. The molecule has 1 aliphatic rings. The SMILES string of the molecule is CCNC(CCc1ccc(C)cc1)C1CCC(C)C(C)C1. The molecule has 0 bridgehead atoms. The number of aryl methyl sites for hydroxylation is 2. The zero-order valence-corrected chi connectivity index (χ0v) is 14.4. The van der Waals surface area contributed by atoms with E-state index in [1.807, 2.05) is 0 Å². The summed E-state index contributed by atoms with van der Waals surface area (Å²) < 4.78 is 0. The molecule has 1 heteroatoms. The minimum atomic E-state index is 0.700. The molecule has 1 fully saturated rings. The van der Waals surface area contributed by atoms with Crippen LogP contribution in [-0.2, 0) is 6.42 Å². The van der Waals surface area contributed by atoms with E-state index in [4.69, 9.17) is 0 Å². The second kappa shape index (κ2) is 7.98. The Kier molecular flexibility index (Phi) is 6.29. The molecule has 21 heavy (non-hydrogen) atoms. The highest BCUT2D eigenvalue weighted by Gasteiger charge is 2.29. The van der Waals surface area contributed by atoms with Crippen LogP contribution in [0.25, 0.3) is 0 Å². The van der Waals surface area contributed by atoms with Crippen LogP contribution >= 0.6 is 0 Å². The molecule has 0 spiro atoms. The fourth-order valence-electron chi connectivity index (χ4n) is 3.80. The van der Waals surface area contributed by atoms with Gasteiger partial charge in [-0.2, -0.15) is 0 Å². The maximum atomic E-state index is 3.77. The lowest BCUT2D eigenvalue weighted by Crippen LogP contribution is -2.40. The van der Waals surface area contributed by atoms with Crippen LogP contribution in [0.2, 0.25) is 0 Å². The summed E-state index contributed by atoms with van der Waals surface area (Å²) in [4.78, 5) is 0. The van der Waals surface area contributed by atoms with Crippen LogP contribution in [0.3, 0.4) is 0 Å². The van der Waals surface area contributed by atoms with E-state index in [2.05, 4.69) is 57.3 Å². The third-order valence-electron chi connectivity index (χ3n) is 5.54. The summed E-state index contributed by atoms with van der Waals surface area (Å²) in [6, 6.07) is 9.77. The molecule has 4 unspecified atom stereocenters. The molecule has 0 aliphatic heterocycles. The summed E-state index contributed by atoms with van der Waals surface area (Å²) in [7, 11) is 0. The van der Waals surface area contributed by atoms with E-state index in [1.54, 1.807) is 0 Å². The Bertz CT molecular complexity index is 408. The third kappa shape index (κ3) is 4.85. The zero-order chi connectivity index (χ0) is 15.2. The smallest absolute Gasteiger partial charge is 0.00984 e. The highest BCUT2D eigenvalue weighted by Crippen LogP contribution is 2.36. The molecule has 1 nitrogen and oxygen atoms in total. The first-order valence-corrected chi connectivity index (χ1v) is 8.89. The maximum Gasteiger partial charge on any atom is 0.00984 e. The van der Waals surface area contributed by atoms with Gasteiger partial charge in [0.25, 0.3) is 0 Å². The highest BCUT2D eigenvalue weighted by atomic mass is 14.9. The topological polar surface area (TPSA) is 12.0 Å². The monoisotopic (exact) mass is 287 g/mol. The van der Waals surface area contributed by atoms with Crippen LogP contribution < -0.4 is 5.32 Å². The van der Waals surface area contributed by atoms with Gasteiger partial charge in [-0.25, -0.2) is 0 Å². The molecule has 0 radical (unpaired) electrons. The van der Waals surface area contributed by atoms with E-state index in [-0.39, 0.29) is 0 Å². The van der Waals surface area contributed by atoms with Crippen LogP contribution in [0.4, 0.5) is 0 Å². The molecule has 1 aliphatic carbocycles. The van der Waals surface area contributed by atoms with E-state index in [9.17, 15) is 0 Å². The largest absolute Gasteiger partial charge is 0.314 e. The molecule has 0 saturated heterocycles. The van der Waals surface area contributed by atoms with Gasteiger partial charge in [-0.05, 0) is 62.5 Å². The summed E-state index contributed by atoms with van der Waals surface area (Å²) in [5.74, 6) is 2.69. The quantitative estimate of drug-likeness (QED) is 0.778. The summed E-state index contributed by atoms with van der Waals surface area (Å²) in [6.45, 7) is 10.4. The molecule has 1 saturated carbocycles. The summed E-state index contributed by atoms with van der Waals surface area (Å²) in [5.41, 5.74) is 2.85. The zero-order valence-electron chi connectivity index (χ0n) is 14.4. The molecule has 1 aromatic rings. The van der Waals surface area contributed by atoms with Crippen LogP contribution in [0, 0.1) is 24.7 Å². The molecule has 1 N–H and O–H groups in total. The lowest BCUT2D eigenvalue weighted by atomic mass is 9.72. The van der Waals surface area contributed by atoms with Crippen molar-refractivity contribution in [1.29, 1.82) is 0 Å². The molecular formula is C20H33N. The Hall–Kier alpha value is -0.820. The van der Waals surface area contributed by atoms with Crippen molar-refractivity contribution < 1.29 is 0 Å². The Labute approximate surface area is 131 Å². The van der Waals surface area contributed by atoms with E-state index in [0.717, 1.165) is 24.3 Å². The van der Waals surface area contributed by atoms with Gasteiger partial charge in [0, 0.05) is 6.04 Å². The van der Waals surface area contributed by atoms with E-state index in [0.29, 0.717) is 6.04 Å². The Morgan fingerprint density at radius 2 is 1.81 bits per heavy atom. The lowest BCUT2D eigenvalue weighted by molar-refractivity contribution is 0.167. The van der Waals surface area contributed by atoms with Crippen molar-refractivity contribution >= 4 is 0 Å². The number of hydrogen-bond donors (Lipinski definition) is 1. The first kappa shape index (κ1) is 16.5. The standard InChI is InChI=1S/C20H33N/c1-5-21-20(19-12-8-16(3)17(4)14-19)13-11-18-9-6-15(2)7-10-18/h6-7,9-10,16-17,19-21H,5,8,11-14H2,1-4H3. The fourth-order valence-corrected chi connectivity index (χ4v) is 3.80. The first-order valence-electron chi connectivity index (χ1n) is 8.89. The predicted molar refractivity (Wildman–Crippen MR) is 92.6 cm³/mol. The second-order valence-electron chi connectivity index (χ2n) is 7.22. The van der Waals surface area contributed by atoms with Crippen LogP contribution in [-0.4, -0.2) is 12.6 Å². The molecule has 0 amide bonds. The van der Waals surface area contributed by atoms with Gasteiger partial charge in [0.2, 0.25) is 0 Å². The number of rotatable bonds is 6. The first-order chi connectivity index (χ1) is 10.1. The average molecular weight is 287 g/mol. The van der Waals surface area contributed by atoms with Gasteiger partial charge in [0.15, 0.2) is 0 Å². The second-order valence-corrected chi connectivity index (χ2v) is 7.22. The van der Waals surface area contributed by atoms with Gasteiger partial charge >= 0.3 is 0 Å². The van der Waals surface area contributed by atoms with Gasteiger partial charge in [0.1, 0.15) is 0 Å². The van der Waals surface area contributed by atoms with Crippen molar-refractivity contribution in [1.82, 2.24) is 5.32 Å². The Balaban J connectivity index is 1.91. The minimum Gasteiger partial charge on any atom is -0.314 e. The van der Waals surface area contributed by atoms with Crippen LogP contribution in [0.15, 0.2) is 24.3 Å². The van der Waals surface area contributed by atoms with Gasteiger partial charge in [-0.1, -0.05) is 57.0 Å². The van der Waals surface area contributed by atoms with E-state index >= 15 is 0 Å². The van der Waals surface area contributed by atoms with Crippen LogP contribution in [0.1, 0.15) is 57.6 Å². The summed E-state index contributed by atoms with van der Waals surface area (Å²) >= 11 is 0. The van der Waals surface area contributed by atoms with Crippen molar-refractivity contribution in [2.24, 2.45) is 17.8 Å². The molecule has 0 heterocycles. The van der Waals surface area contributed by atoms with Crippen molar-refractivity contribution in [3.05, 3.63) is 35.4 Å². The van der Waals surface area contributed by atoms with Crippen molar-refractivity contribution in [3.8, 4) is 0 Å². The number of benzene rings is 1. The van der Waals surface area contributed by atoms with E-state index < -0.39 is 0 Å². The predicted octanol–water partition coefficient (Wildman–Crippen LogP) is 4.98. The molecule has 118 valence electrons. The summed E-state index contributed by atoms with van der Waals surface area (Å²) in [5, 5.41) is 3.77. The van der Waals surface area contributed by atoms with E-state index in [1.165, 1.54) is 43.2 Å². The van der Waals surface area contributed by atoms with Gasteiger partial charge in [-0.3, -0.25) is 0 Å². The number of nitrogens with one attached hydrogen (secondary N) is 1. The normalized spacial score (nSPS) is 27.5. The van der Waals surface area contributed by atoms with Crippen molar-refractivity contribution in [3.63, 3.8) is 0 Å². The Morgan fingerprint density at radius 3 is 2.43 bits per heavy atom. The van der Waals surface area contributed by atoms with Crippen molar-refractivity contribution in [2.75, 3.05) is 6.54 Å². The average Bonchev–Trinajstić information content (AvgIpc) is 2.48.